The number of nitrogens with one attached hydrogen (secondary N) is 2. The predicted octanol–water partition coefficient (Wildman–Crippen LogP) is 3.31. The van der Waals surface area contributed by atoms with Gasteiger partial charge in [-0.25, -0.2) is 4.98 Å². The zero-order valence-corrected chi connectivity index (χ0v) is 20.2. The van der Waals surface area contributed by atoms with Crippen LogP contribution in [0.4, 0.5) is 5.69 Å². The van der Waals surface area contributed by atoms with Gasteiger partial charge in [-0.05, 0) is 67.3 Å². The summed E-state index contributed by atoms with van der Waals surface area (Å²) in [5.41, 5.74) is 4.18. The first kappa shape index (κ1) is 22.2. The maximum atomic E-state index is 12.9. The fourth-order valence-electron chi connectivity index (χ4n) is 5.27. The van der Waals surface area contributed by atoms with Crippen LogP contribution in [0.5, 0.6) is 5.88 Å². The first-order chi connectivity index (χ1) is 17.2. The number of carbonyl (C=O) groups excluding carboxylic acids is 1. The molecular weight excluding hydrogens is 440 g/mol. The molecule has 0 spiro atoms. The van der Waals surface area contributed by atoms with Crippen LogP contribution in [0, 0.1) is 17.8 Å². The van der Waals surface area contributed by atoms with Gasteiger partial charge in [0.25, 0.3) is 5.91 Å². The molecule has 4 heterocycles. The number of anilines is 1. The van der Waals surface area contributed by atoms with Crippen molar-refractivity contribution >= 4 is 22.5 Å². The highest BCUT2D eigenvalue weighted by Gasteiger charge is 2.45. The van der Waals surface area contributed by atoms with Crippen LogP contribution in [0.2, 0.25) is 0 Å². The molecule has 2 unspecified atom stereocenters. The van der Waals surface area contributed by atoms with Crippen molar-refractivity contribution < 1.29 is 9.53 Å². The third-order valence-corrected chi connectivity index (χ3v) is 7.68. The second kappa shape index (κ2) is 9.41. The largest absolute Gasteiger partial charge is 0.479 e. The normalized spacial score (nSPS) is 21.0. The highest BCUT2D eigenvalue weighted by Crippen LogP contribution is 2.46. The first-order valence-electron chi connectivity index (χ1n) is 12.7. The lowest BCUT2D eigenvalue weighted by molar-refractivity contribution is 0.0950. The molecule has 3 aromatic rings. The van der Waals surface area contributed by atoms with E-state index in [4.69, 9.17) is 4.74 Å². The minimum atomic E-state index is -0.156. The van der Waals surface area contributed by atoms with Crippen molar-refractivity contribution in [2.75, 3.05) is 31.6 Å². The molecule has 2 N–H and O–H groups in total. The van der Waals surface area contributed by atoms with E-state index in [0.29, 0.717) is 18.0 Å². The molecule has 8 heteroatoms. The van der Waals surface area contributed by atoms with Crippen LogP contribution >= 0.6 is 0 Å². The second-order valence-corrected chi connectivity index (χ2v) is 10.2. The molecule has 182 valence electrons. The average molecular weight is 473 g/mol. The molecule has 0 bridgehead atoms. The van der Waals surface area contributed by atoms with Gasteiger partial charge in [0.2, 0.25) is 5.88 Å². The van der Waals surface area contributed by atoms with Gasteiger partial charge in [-0.2, -0.15) is 0 Å². The summed E-state index contributed by atoms with van der Waals surface area (Å²) in [4.78, 5) is 28.7. The molecule has 1 amide bonds. The van der Waals surface area contributed by atoms with Crippen molar-refractivity contribution in [3.8, 4) is 5.88 Å². The highest BCUT2D eigenvalue weighted by atomic mass is 16.5. The van der Waals surface area contributed by atoms with Crippen LogP contribution in [-0.2, 0) is 13.1 Å². The Hall–Kier alpha value is -3.26. The number of piperidine rings is 1. The van der Waals surface area contributed by atoms with E-state index < -0.39 is 0 Å². The molecule has 0 radical (unpaired) electrons. The number of hydrogen-bond acceptors (Lipinski definition) is 7. The van der Waals surface area contributed by atoms with Crippen LogP contribution < -0.4 is 20.3 Å². The van der Waals surface area contributed by atoms with Gasteiger partial charge in [0, 0.05) is 37.4 Å². The number of aromatic nitrogens is 3. The summed E-state index contributed by atoms with van der Waals surface area (Å²) >= 11 is 0. The van der Waals surface area contributed by atoms with E-state index in [-0.39, 0.29) is 5.91 Å². The lowest BCUT2D eigenvalue weighted by atomic mass is 9.85. The molecular formula is C27H32N6O2. The fourth-order valence-corrected chi connectivity index (χ4v) is 5.27. The number of nitrogens with zero attached hydrogens (tertiary/aromatic N) is 4. The maximum absolute atomic E-state index is 12.9. The number of methoxy groups -OCH3 is 1. The monoisotopic (exact) mass is 472 g/mol. The maximum Gasteiger partial charge on any atom is 0.253 e. The van der Waals surface area contributed by atoms with Gasteiger partial charge in [-0.15, -0.1) is 0 Å². The van der Waals surface area contributed by atoms with Crippen LogP contribution in [0.25, 0.3) is 10.9 Å². The van der Waals surface area contributed by atoms with Crippen molar-refractivity contribution in [2.45, 2.75) is 38.8 Å². The summed E-state index contributed by atoms with van der Waals surface area (Å²) in [5.74, 6) is 2.79. The van der Waals surface area contributed by atoms with Gasteiger partial charge in [0.05, 0.1) is 36.8 Å². The summed E-state index contributed by atoms with van der Waals surface area (Å²) in [6.45, 7) is 4.30. The minimum Gasteiger partial charge on any atom is -0.479 e. The summed E-state index contributed by atoms with van der Waals surface area (Å²) in [7, 11) is 1.60. The Kier molecular flexibility index (Phi) is 5.98. The van der Waals surface area contributed by atoms with E-state index >= 15 is 0 Å². The number of hydrogen-bond donors (Lipinski definition) is 2. The van der Waals surface area contributed by atoms with E-state index in [0.717, 1.165) is 71.8 Å². The summed E-state index contributed by atoms with van der Waals surface area (Å²) in [6, 6.07) is 6.04. The molecule has 2 atom stereocenters. The molecule has 3 aromatic heterocycles. The standard InChI is InChI=1S/C27H32N6O2/c1-35-27-25-19(5-18(11-30-25)10-28-9-17-3-2-4-17)7-23(32-27)13-31-26(34)20-8-24(14-29-12-20)33-15-21-6-22(21)16-33/h5,7-8,11-12,14,17,21-22,28H,2-4,6,9-10,13,15-16H2,1H3,(H,31,34). The van der Waals surface area contributed by atoms with Crippen molar-refractivity contribution in [3.05, 3.63) is 53.6 Å². The van der Waals surface area contributed by atoms with E-state index in [1.165, 1.54) is 25.7 Å². The van der Waals surface area contributed by atoms with Gasteiger partial charge < -0.3 is 20.3 Å². The quantitative estimate of drug-likeness (QED) is 0.494. The Morgan fingerprint density at radius 2 is 1.97 bits per heavy atom. The van der Waals surface area contributed by atoms with Gasteiger partial charge in [-0.1, -0.05) is 6.42 Å². The van der Waals surface area contributed by atoms with E-state index in [9.17, 15) is 4.79 Å². The van der Waals surface area contributed by atoms with Crippen LogP contribution in [0.15, 0.2) is 36.8 Å². The highest BCUT2D eigenvalue weighted by molar-refractivity contribution is 5.94. The first-order valence-corrected chi connectivity index (χ1v) is 12.7. The molecule has 3 aliphatic rings. The average Bonchev–Trinajstić information content (AvgIpc) is 3.47. The molecule has 35 heavy (non-hydrogen) atoms. The zero-order valence-electron chi connectivity index (χ0n) is 20.2. The Labute approximate surface area is 205 Å². The minimum absolute atomic E-state index is 0.156. The molecule has 1 aliphatic heterocycles. The van der Waals surface area contributed by atoms with Gasteiger partial charge >= 0.3 is 0 Å². The van der Waals surface area contributed by atoms with Gasteiger partial charge in [-0.3, -0.25) is 14.8 Å². The number of pyridine rings is 3. The molecule has 0 aromatic carbocycles. The Bertz CT molecular complexity index is 1230. The van der Waals surface area contributed by atoms with Crippen molar-refractivity contribution in [3.63, 3.8) is 0 Å². The Balaban J connectivity index is 1.13. The van der Waals surface area contributed by atoms with Crippen LogP contribution in [0.3, 0.4) is 0 Å². The molecule has 8 nitrogen and oxygen atoms in total. The van der Waals surface area contributed by atoms with Crippen molar-refractivity contribution in [2.24, 2.45) is 17.8 Å². The summed E-state index contributed by atoms with van der Waals surface area (Å²) in [5, 5.41) is 7.50. The number of amides is 1. The predicted molar refractivity (Wildman–Crippen MR) is 134 cm³/mol. The van der Waals surface area contributed by atoms with Crippen LogP contribution in [-0.4, -0.2) is 47.6 Å². The topological polar surface area (TPSA) is 92.3 Å². The van der Waals surface area contributed by atoms with Gasteiger partial charge in [0.1, 0.15) is 5.52 Å². The van der Waals surface area contributed by atoms with E-state index in [2.05, 4.69) is 36.6 Å². The summed E-state index contributed by atoms with van der Waals surface area (Å²) in [6.07, 6.45) is 10.7. The SMILES string of the molecule is COc1nc(CNC(=O)c2cncc(N3CC4CC4C3)c2)cc2cc(CNCC3CCC3)cnc12. The molecule has 3 fully saturated rings. The smallest absolute Gasteiger partial charge is 0.253 e. The third-order valence-electron chi connectivity index (χ3n) is 7.68. The second-order valence-electron chi connectivity index (χ2n) is 10.2. The van der Waals surface area contributed by atoms with E-state index in [1.54, 1.807) is 13.3 Å². The van der Waals surface area contributed by atoms with Crippen LogP contribution in [0.1, 0.15) is 47.3 Å². The lowest BCUT2D eigenvalue weighted by Gasteiger charge is -2.25. The number of carbonyl (C=O) groups is 1. The molecule has 2 aliphatic carbocycles. The zero-order chi connectivity index (χ0) is 23.8. The number of fused-ring (bicyclic) bond motifs is 2. The fraction of sp³-hybridized carbons (Fsp3) is 0.481. The number of rotatable bonds is 9. The van der Waals surface area contributed by atoms with Gasteiger partial charge in [0.15, 0.2) is 0 Å². The van der Waals surface area contributed by atoms with Crippen molar-refractivity contribution in [1.29, 1.82) is 0 Å². The number of ether oxygens (including phenoxy) is 1. The Morgan fingerprint density at radius 1 is 1.11 bits per heavy atom. The van der Waals surface area contributed by atoms with E-state index in [1.807, 2.05) is 24.5 Å². The lowest BCUT2D eigenvalue weighted by Crippen LogP contribution is -2.26. The summed E-state index contributed by atoms with van der Waals surface area (Å²) < 4.78 is 5.50. The third kappa shape index (κ3) is 4.80. The molecule has 1 saturated heterocycles. The molecule has 6 rings (SSSR count). The Morgan fingerprint density at radius 3 is 2.74 bits per heavy atom. The van der Waals surface area contributed by atoms with Crippen molar-refractivity contribution in [1.82, 2.24) is 25.6 Å². The molecule has 2 saturated carbocycles.